The van der Waals surface area contributed by atoms with Gasteiger partial charge >= 0.3 is 5.97 Å². The van der Waals surface area contributed by atoms with E-state index in [4.69, 9.17) is 28.3 Å². The van der Waals surface area contributed by atoms with Gasteiger partial charge < -0.3 is 5.11 Å². The van der Waals surface area contributed by atoms with E-state index in [1.807, 2.05) is 0 Å². The van der Waals surface area contributed by atoms with Crippen molar-refractivity contribution in [2.45, 2.75) is 6.92 Å². The van der Waals surface area contributed by atoms with E-state index in [1.165, 1.54) is 6.92 Å². The Morgan fingerprint density at radius 3 is 2.46 bits per heavy atom. The normalized spacial score (nSPS) is 10.2. The Balaban J connectivity index is 3.56. The Morgan fingerprint density at radius 1 is 1.46 bits per heavy atom. The molecule has 0 aliphatic carbocycles. The molecule has 1 N–H and O–H groups in total. The molecule has 1 heterocycles. The number of aromatic nitrogens is 1. The molecule has 0 bridgehead atoms. The van der Waals surface area contributed by atoms with Crippen molar-refractivity contribution >= 4 is 29.2 Å². The third-order valence-electron chi connectivity index (χ3n) is 1.50. The molecule has 0 aromatic carbocycles. The van der Waals surface area contributed by atoms with E-state index in [0.29, 0.717) is 0 Å². The Kier molecular flexibility index (Phi) is 2.73. The zero-order chi connectivity index (χ0) is 10.2. The van der Waals surface area contributed by atoms with Gasteiger partial charge in [-0.15, -0.1) is 0 Å². The maximum Gasteiger partial charge on any atom is 0.339 e. The summed E-state index contributed by atoms with van der Waals surface area (Å²) >= 11 is 10.8. The van der Waals surface area contributed by atoms with Crippen LogP contribution in [0.4, 0.5) is 4.39 Å². The number of nitrogens with zero attached hydrogens (tertiary/aromatic N) is 1. The van der Waals surface area contributed by atoms with Crippen molar-refractivity contribution in [1.29, 1.82) is 0 Å². The summed E-state index contributed by atoms with van der Waals surface area (Å²) in [5.74, 6) is -2.47. The average Bonchev–Trinajstić information content (AvgIpc) is 2.01. The maximum absolute atomic E-state index is 13.1. The van der Waals surface area contributed by atoms with E-state index >= 15 is 0 Å². The second kappa shape index (κ2) is 3.47. The molecule has 0 fully saturated rings. The van der Waals surface area contributed by atoms with Crippen LogP contribution in [0.25, 0.3) is 0 Å². The Bertz CT molecular complexity index is 355. The van der Waals surface area contributed by atoms with Crippen molar-refractivity contribution in [3.8, 4) is 0 Å². The number of carbonyl (C=O) groups is 1. The van der Waals surface area contributed by atoms with Crippen LogP contribution < -0.4 is 0 Å². The molecule has 0 saturated heterocycles. The second-order valence-electron chi connectivity index (χ2n) is 2.31. The van der Waals surface area contributed by atoms with Gasteiger partial charge in [-0.2, -0.15) is 0 Å². The second-order valence-corrected chi connectivity index (χ2v) is 3.03. The standard InChI is InChI=1S/C7H4Cl2FNO2/c1-2-3(7(12)13)4(10)6(9)11-5(2)8/h1H3,(H,12,13). The fraction of sp³-hybridized carbons (Fsp3) is 0.143. The fourth-order valence-electron chi connectivity index (χ4n) is 0.844. The minimum atomic E-state index is -1.42. The summed E-state index contributed by atoms with van der Waals surface area (Å²) in [6.07, 6.45) is 0. The van der Waals surface area contributed by atoms with Crippen LogP contribution >= 0.6 is 23.2 Å². The molecule has 0 radical (unpaired) electrons. The SMILES string of the molecule is Cc1c(Cl)nc(Cl)c(F)c1C(=O)O. The number of rotatable bonds is 1. The molecule has 1 aromatic rings. The first-order chi connectivity index (χ1) is 5.95. The summed E-state index contributed by atoms with van der Waals surface area (Å²) in [6, 6.07) is 0. The number of carboxylic acid groups (broad SMARTS) is 1. The highest BCUT2D eigenvalue weighted by molar-refractivity contribution is 6.33. The minimum Gasteiger partial charge on any atom is -0.478 e. The number of aromatic carboxylic acids is 1. The van der Waals surface area contributed by atoms with E-state index in [2.05, 4.69) is 4.98 Å². The van der Waals surface area contributed by atoms with Crippen LogP contribution in [0.2, 0.25) is 10.3 Å². The van der Waals surface area contributed by atoms with Crippen LogP contribution in [0.15, 0.2) is 0 Å². The fourth-order valence-corrected chi connectivity index (χ4v) is 1.25. The average molecular weight is 224 g/mol. The Hall–Kier alpha value is -0.870. The summed E-state index contributed by atoms with van der Waals surface area (Å²) in [5, 5.41) is 7.97. The lowest BCUT2D eigenvalue weighted by Gasteiger charge is -2.04. The highest BCUT2D eigenvalue weighted by atomic mass is 35.5. The molecule has 0 amide bonds. The first-order valence-electron chi connectivity index (χ1n) is 3.19. The van der Waals surface area contributed by atoms with Gasteiger partial charge in [0.25, 0.3) is 0 Å². The summed E-state index contributed by atoms with van der Waals surface area (Å²) in [5.41, 5.74) is -0.471. The molecule has 1 rings (SSSR count). The number of hydrogen-bond acceptors (Lipinski definition) is 2. The highest BCUT2D eigenvalue weighted by Crippen LogP contribution is 2.24. The van der Waals surface area contributed by atoms with Crippen molar-refractivity contribution in [3.05, 3.63) is 27.3 Å². The molecule has 0 spiro atoms. The maximum atomic E-state index is 13.1. The van der Waals surface area contributed by atoms with E-state index in [0.717, 1.165) is 0 Å². The van der Waals surface area contributed by atoms with Crippen molar-refractivity contribution in [2.24, 2.45) is 0 Å². The number of pyridine rings is 1. The van der Waals surface area contributed by atoms with Gasteiger partial charge in [0.05, 0.1) is 0 Å². The first kappa shape index (κ1) is 10.2. The van der Waals surface area contributed by atoms with Crippen molar-refractivity contribution < 1.29 is 14.3 Å². The van der Waals surface area contributed by atoms with E-state index < -0.39 is 22.5 Å². The summed E-state index contributed by atoms with van der Waals surface area (Å²) < 4.78 is 13.1. The monoisotopic (exact) mass is 223 g/mol. The third kappa shape index (κ3) is 1.73. The smallest absolute Gasteiger partial charge is 0.339 e. The minimum absolute atomic E-state index is 0.0658. The number of carboxylic acids is 1. The van der Waals surface area contributed by atoms with Crippen LogP contribution in [-0.2, 0) is 0 Å². The van der Waals surface area contributed by atoms with Crippen LogP contribution in [0.5, 0.6) is 0 Å². The van der Waals surface area contributed by atoms with Crippen molar-refractivity contribution in [1.82, 2.24) is 4.98 Å². The summed E-state index contributed by atoms with van der Waals surface area (Å²) in [4.78, 5) is 14.0. The van der Waals surface area contributed by atoms with Crippen molar-refractivity contribution in [3.63, 3.8) is 0 Å². The van der Waals surface area contributed by atoms with E-state index in [9.17, 15) is 9.18 Å². The van der Waals surface area contributed by atoms with Gasteiger partial charge in [0.1, 0.15) is 10.7 Å². The van der Waals surface area contributed by atoms with Gasteiger partial charge in [-0.25, -0.2) is 14.2 Å². The van der Waals surface area contributed by atoms with Gasteiger partial charge in [-0.3, -0.25) is 0 Å². The molecular formula is C7H4Cl2FNO2. The van der Waals surface area contributed by atoms with Crippen molar-refractivity contribution in [2.75, 3.05) is 0 Å². The predicted octanol–water partition coefficient (Wildman–Crippen LogP) is 2.53. The Labute approximate surface area is 83.1 Å². The molecule has 13 heavy (non-hydrogen) atoms. The quantitative estimate of drug-likeness (QED) is 0.745. The molecule has 6 heteroatoms. The highest BCUT2D eigenvalue weighted by Gasteiger charge is 2.20. The largest absolute Gasteiger partial charge is 0.478 e. The molecule has 70 valence electrons. The summed E-state index contributed by atoms with van der Waals surface area (Å²) in [6.45, 7) is 1.36. The van der Waals surface area contributed by atoms with Crippen LogP contribution in [-0.4, -0.2) is 16.1 Å². The van der Waals surface area contributed by atoms with Gasteiger partial charge in [0, 0.05) is 5.56 Å². The van der Waals surface area contributed by atoms with Crippen LogP contribution in [0, 0.1) is 12.7 Å². The van der Waals surface area contributed by atoms with Gasteiger partial charge in [-0.05, 0) is 6.92 Å². The molecular weight excluding hydrogens is 220 g/mol. The number of hydrogen-bond donors (Lipinski definition) is 1. The molecule has 1 aromatic heterocycles. The molecule has 3 nitrogen and oxygen atoms in total. The molecule has 0 aliphatic heterocycles. The van der Waals surface area contributed by atoms with E-state index in [-0.39, 0.29) is 10.7 Å². The zero-order valence-electron chi connectivity index (χ0n) is 6.44. The van der Waals surface area contributed by atoms with Gasteiger partial charge in [-0.1, -0.05) is 23.2 Å². The summed E-state index contributed by atoms with van der Waals surface area (Å²) in [7, 11) is 0. The molecule has 0 saturated carbocycles. The van der Waals surface area contributed by atoms with Gasteiger partial charge in [0.15, 0.2) is 11.0 Å². The lowest BCUT2D eigenvalue weighted by atomic mass is 10.1. The van der Waals surface area contributed by atoms with E-state index in [1.54, 1.807) is 0 Å². The lowest BCUT2D eigenvalue weighted by Crippen LogP contribution is -2.06. The molecule has 0 atom stereocenters. The first-order valence-corrected chi connectivity index (χ1v) is 3.95. The lowest BCUT2D eigenvalue weighted by molar-refractivity contribution is 0.0691. The number of halogens is 3. The predicted molar refractivity (Wildman–Crippen MR) is 45.9 cm³/mol. The topological polar surface area (TPSA) is 50.2 Å². The van der Waals surface area contributed by atoms with Gasteiger partial charge in [0.2, 0.25) is 0 Å². The third-order valence-corrected chi connectivity index (χ3v) is 2.11. The zero-order valence-corrected chi connectivity index (χ0v) is 7.95. The van der Waals surface area contributed by atoms with Crippen LogP contribution in [0.1, 0.15) is 15.9 Å². The van der Waals surface area contributed by atoms with Crippen LogP contribution in [0.3, 0.4) is 0 Å². The molecule has 0 aliphatic rings. The Morgan fingerprint density at radius 2 is 2.00 bits per heavy atom. The molecule has 0 unspecified atom stereocenters.